The molecule has 4 rings (SSSR count). The fourth-order valence-electron chi connectivity index (χ4n) is 3.83. The number of hydrogen-bond donors (Lipinski definition) is 1. The summed E-state index contributed by atoms with van der Waals surface area (Å²) in [5, 5.41) is 4.33. The molecular formula is C21H25BClNO2. The summed E-state index contributed by atoms with van der Waals surface area (Å²) >= 11 is 6.16. The summed E-state index contributed by atoms with van der Waals surface area (Å²) in [5.41, 5.74) is 5.30. The number of rotatable bonds is 2. The van der Waals surface area contributed by atoms with Crippen molar-refractivity contribution in [2.24, 2.45) is 0 Å². The summed E-state index contributed by atoms with van der Waals surface area (Å²) in [5.74, 6) is 0. The van der Waals surface area contributed by atoms with E-state index in [1.807, 2.05) is 6.07 Å². The molecule has 1 N–H and O–H groups in total. The van der Waals surface area contributed by atoms with Crippen molar-refractivity contribution in [3.8, 4) is 0 Å². The summed E-state index contributed by atoms with van der Waals surface area (Å²) in [7, 11) is -0.319. The zero-order valence-corrected chi connectivity index (χ0v) is 16.6. The van der Waals surface area contributed by atoms with Crippen molar-refractivity contribution < 1.29 is 9.31 Å². The monoisotopic (exact) mass is 369 g/mol. The molecule has 0 bridgehead atoms. The predicted molar refractivity (Wildman–Crippen MR) is 109 cm³/mol. The fraction of sp³-hybridized carbons (Fsp3) is 0.429. The first-order chi connectivity index (χ1) is 12.3. The lowest BCUT2D eigenvalue weighted by molar-refractivity contribution is -0.0118. The second-order valence-electron chi connectivity index (χ2n) is 8.01. The van der Waals surface area contributed by atoms with Crippen molar-refractivity contribution >= 4 is 35.6 Å². The van der Waals surface area contributed by atoms with Crippen LogP contribution in [0, 0.1) is 0 Å². The van der Waals surface area contributed by atoms with Crippen molar-refractivity contribution in [1.29, 1.82) is 0 Å². The van der Waals surface area contributed by atoms with E-state index in [-0.39, 0.29) is 18.3 Å². The van der Waals surface area contributed by atoms with Crippen LogP contribution in [0.15, 0.2) is 36.4 Å². The van der Waals surface area contributed by atoms with Crippen molar-refractivity contribution in [3.05, 3.63) is 52.5 Å². The highest BCUT2D eigenvalue weighted by Crippen LogP contribution is 2.39. The molecule has 5 heteroatoms. The maximum Gasteiger partial charge on any atom is 0.494 e. The van der Waals surface area contributed by atoms with Gasteiger partial charge in [-0.05, 0) is 80.9 Å². The van der Waals surface area contributed by atoms with Crippen LogP contribution in [0.5, 0.6) is 0 Å². The van der Waals surface area contributed by atoms with Crippen molar-refractivity contribution in [2.75, 3.05) is 5.32 Å². The topological polar surface area (TPSA) is 30.5 Å². The van der Waals surface area contributed by atoms with Crippen LogP contribution >= 0.6 is 11.6 Å². The Morgan fingerprint density at radius 2 is 1.65 bits per heavy atom. The van der Waals surface area contributed by atoms with E-state index in [1.54, 1.807) is 0 Å². The lowest BCUT2D eigenvalue weighted by Gasteiger charge is -2.35. The van der Waals surface area contributed by atoms with Gasteiger partial charge in [0.05, 0.1) is 11.2 Å². The number of aryl methyl sites for hydroxylation is 2. The maximum absolute atomic E-state index is 6.34. The Bertz CT molecular complexity index is 854. The fourth-order valence-corrected chi connectivity index (χ4v) is 4.03. The largest absolute Gasteiger partial charge is 0.494 e. The molecule has 2 heterocycles. The lowest BCUT2D eigenvalue weighted by atomic mass is 9.78. The van der Waals surface area contributed by atoms with Gasteiger partial charge in [-0.25, -0.2) is 0 Å². The van der Waals surface area contributed by atoms with Gasteiger partial charge in [-0.2, -0.15) is 0 Å². The molecule has 0 spiro atoms. The summed E-state index contributed by atoms with van der Waals surface area (Å²) in [6.07, 6.45) is 2.84. The Morgan fingerprint density at radius 1 is 1.00 bits per heavy atom. The number of nitrogens with one attached hydrogen (secondary N) is 1. The molecule has 136 valence electrons. The lowest BCUT2D eigenvalue weighted by Crippen LogP contribution is -2.44. The number of anilines is 2. The van der Waals surface area contributed by atoms with E-state index in [4.69, 9.17) is 20.9 Å². The van der Waals surface area contributed by atoms with E-state index in [1.165, 1.54) is 11.1 Å². The van der Waals surface area contributed by atoms with Gasteiger partial charge in [-0.15, -0.1) is 0 Å². The molecule has 0 aromatic heterocycles. The minimum absolute atomic E-state index is 0.282. The Labute approximate surface area is 161 Å². The van der Waals surface area contributed by atoms with Gasteiger partial charge in [-0.3, -0.25) is 0 Å². The zero-order valence-electron chi connectivity index (χ0n) is 15.9. The van der Waals surface area contributed by atoms with Crippen LogP contribution in [0.2, 0.25) is 5.02 Å². The molecule has 2 aliphatic rings. The SMILES string of the molecule is CCC1(C)OB(c2ccc3c(c2)CCc2cc(Cl)ccc2N3)OC1(C)C. The van der Waals surface area contributed by atoms with E-state index in [2.05, 4.69) is 63.3 Å². The highest BCUT2D eigenvalue weighted by molar-refractivity contribution is 6.62. The Morgan fingerprint density at radius 3 is 2.31 bits per heavy atom. The van der Waals surface area contributed by atoms with Gasteiger partial charge in [0, 0.05) is 16.4 Å². The van der Waals surface area contributed by atoms with Crippen LogP contribution in [0.3, 0.4) is 0 Å². The molecular weight excluding hydrogens is 345 g/mol. The number of hydrogen-bond acceptors (Lipinski definition) is 3. The van der Waals surface area contributed by atoms with Crippen molar-refractivity contribution in [2.45, 2.75) is 58.2 Å². The third-order valence-electron chi connectivity index (χ3n) is 6.12. The predicted octanol–water partition coefficient (Wildman–Crippen LogP) is 4.87. The molecule has 0 radical (unpaired) electrons. The van der Waals surface area contributed by atoms with Gasteiger partial charge in [0.1, 0.15) is 0 Å². The van der Waals surface area contributed by atoms with Gasteiger partial charge < -0.3 is 14.6 Å². The van der Waals surface area contributed by atoms with E-state index < -0.39 is 0 Å². The Hall–Kier alpha value is -1.49. The molecule has 26 heavy (non-hydrogen) atoms. The Balaban J connectivity index is 1.63. The molecule has 0 amide bonds. The number of benzene rings is 2. The van der Waals surface area contributed by atoms with Crippen LogP contribution in [-0.2, 0) is 22.2 Å². The second-order valence-corrected chi connectivity index (χ2v) is 8.44. The summed E-state index contributed by atoms with van der Waals surface area (Å²) in [6.45, 7) is 8.51. The number of fused-ring (bicyclic) bond motifs is 2. The van der Waals surface area contributed by atoms with E-state index in [0.29, 0.717) is 0 Å². The molecule has 2 aromatic carbocycles. The quantitative estimate of drug-likeness (QED) is 0.766. The smallest absolute Gasteiger partial charge is 0.399 e. The molecule has 3 nitrogen and oxygen atoms in total. The maximum atomic E-state index is 6.34. The van der Waals surface area contributed by atoms with E-state index in [0.717, 1.165) is 41.1 Å². The highest BCUT2D eigenvalue weighted by atomic mass is 35.5. The van der Waals surface area contributed by atoms with Crippen molar-refractivity contribution in [1.82, 2.24) is 0 Å². The molecule has 0 aliphatic carbocycles. The molecule has 2 aromatic rings. The first kappa shape index (κ1) is 17.9. The van der Waals surface area contributed by atoms with Gasteiger partial charge >= 0.3 is 7.12 Å². The minimum Gasteiger partial charge on any atom is -0.399 e. The van der Waals surface area contributed by atoms with Crippen LogP contribution in [0.25, 0.3) is 0 Å². The first-order valence-electron chi connectivity index (χ1n) is 9.35. The van der Waals surface area contributed by atoms with E-state index >= 15 is 0 Å². The molecule has 0 saturated carbocycles. The summed E-state index contributed by atoms with van der Waals surface area (Å²) in [4.78, 5) is 0. The van der Waals surface area contributed by atoms with Crippen molar-refractivity contribution in [3.63, 3.8) is 0 Å². The summed E-state index contributed by atoms with van der Waals surface area (Å²) < 4.78 is 12.6. The molecule has 1 fully saturated rings. The van der Waals surface area contributed by atoms with Crippen LogP contribution < -0.4 is 10.8 Å². The molecule has 2 aliphatic heterocycles. The third kappa shape index (κ3) is 2.94. The first-order valence-corrected chi connectivity index (χ1v) is 9.73. The molecule has 1 saturated heterocycles. The third-order valence-corrected chi connectivity index (χ3v) is 6.35. The van der Waals surface area contributed by atoms with Gasteiger partial charge in [0.15, 0.2) is 0 Å². The van der Waals surface area contributed by atoms with Crippen LogP contribution in [0.1, 0.15) is 45.2 Å². The molecule has 1 atom stereocenters. The van der Waals surface area contributed by atoms with Crippen LogP contribution in [-0.4, -0.2) is 18.3 Å². The minimum atomic E-state index is -0.319. The average Bonchev–Trinajstić information content (AvgIpc) is 2.75. The zero-order chi connectivity index (χ0) is 18.5. The molecule has 1 unspecified atom stereocenters. The normalized spacial score (nSPS) is 23.8. The van der Waals surface area contributed by atoms with Crippen LogP contribution in [0.4, 0.5) is 11.4 Å². The van der Waals surface area contributed by atoms with Gasteiger partial charge in [0.25, 0.3) is 0 Å². The average molecular weight is 370 g/mol. The van der Waals surface area contributed by atoms with Gasteiger partial charge in [-0.1, -0.05) is 30.7 Å². The number of halogens is 1. The summed E-state index contributed by atoms with van der Waals surface area (Å²) in [6, 6.07) is 12.5. The standard InChI is InChI=1S/C21H25BClNO2/c1-5-21(4)20(2,3)25-22(26-21)16-8-10-18-14(12-16)6-7-15-13-17(23)9-11-19(15)24-18/h8-13,24H,5-7H2,1-4H3. The highest BCUT2D eigenvalue weighted by Gasteiger charge is 2.53. The van der Waals surface area contributed by atoms with E-state index in [9.17, 15) is 0 Å². The second kappa shape index (κ2) is 6.30. The van der Waals surface area contributed by atoms with Gasteiger partial charge in [0.2, 0.25) is 0 Å². The Kier molecular flexibility index (Phi) is 4.34.